The largest absolute Gasteiger partial charge is 0.495 e. The minimum absolute atomic E-state index is 0.0191. The molecular formula is C21H25Cl2N3O4. The third kappa shape index (κ3) is 6.52. The number of amides is 2. The van der Waals surface area contributed by atoms with Crippen LogP contribution in [0.2, 0.25) is 10.0 Å². The Morgan fingerprint density at radius 3 is 2.10 bits per heavy atom. The second-order valence-corrected chi connectivity index (χ2v) is 7.39. The van der Waals surface area contributed by atoms with Gasteiger partial charge in [-0.2, -0.15) is 0 Å². The van der Waals surface area contributed by atoms with Crippen LogP contribution in [0.5, 0.6) is 11.5 Å². The van der Waals surface area contributed by atoms with Crippen molar-refractivity contribution in [3.8, 4) is 11.5 Å². The molecule has 162 valence electrons. The van der Waals surface area contributed by atoms with Crippen molar-refractivity contribution in [2.45, 2.75) is 13.8 Å². The predicted octanol–water partition coefficient (Wildman–Crippen LogP) is 4.22. The molecule has 0 radical (unpaired) electrons. The predicted molar refractivity (Wildman–Crippen MR) is 120 cm³/mol. The first-order chi connectivity index (χ1) is 14.3. The Morgan fingerprint density at radius 1 is 0.933 bits per heavy atom. The smallest absolute Gasteiger partial charge is 0.238 e. The van der Waals surface area contributed by atoms with E-state index in [1.165, 1.54) is 14.2 Å². The van der Waals surface area contributed by atoms with Gasteiger partial charge in [0.15, 0.2) is 0 Å². The van der Waals surface area contributed by atoms with Crippen LogP contribution < -0.4 is 20.1 Å². The van der Waals surface area contributed by atoms with E-state index < -0.39 is 0 Å². The van der Waals surface area contributed by atoms with Crippen LogP contribution in [-0.4, -0.2) is 50.6 Å². The second-order valence-electron chi connectivity index (χ2n) is 6.55. The number of methoxy groups -OCH3 is 2. The number of ether oxygens (including phenoxy) is 2. The van der Waals surface area contributed by atoms with Crippen LogP contribution in [0.4, 0.5) is 11.4 Å². The summed E-state index contributed by atoms with van der Waals surface area (Å²) >= 11 is 12.1. The monoisotopic (exact) mass is 453 g/mol. The van der Waals surface area contributed by atoms with E-state index in [-0.39, 0.29) is 24.9 Å². The number of anilines is 2. The van der Waals surface area contributed by atoms with E-state index in [4.69, 9.17) is 32.7 Å². The summed E-state index contributed by atoms with van der Waals surface area (Å²) in [7, 11) is 2.98. The number of halogens is 2. The quantitative estimate of drug-likeness (QED) is 0.593. The van der Waals surface area contributed by atoms with Gasteiger partial charge >= 0.3 is 0 Å². The van der Waals surface area contributed by atoms with Gasteiger partial charge in [0.05, 0.1) is 38.0 Å². The molecule has 2 aromatic rings. The van der Waals surface area contributed by atoms with Crippen molar-refractivity contribution < 1.29 is 19.1 Å². The molecule has 0 unspecified atom stereocenters. The lowest BCUT2D eigenvalue weighted by Crippen LogP contribution is -2.38. The Morgan fingerprint density at radius 2 is 1.53 bits per heavy atom. The van der Waals surface area contributed by atoms with E-state index in [9.17, 15) is 9.59 Å². The molecule has 0 aliphatic rings. The molecule has 7 nitrogen and oxygen atoms in total. The Balaban J connectivity index is 2.00. The zero-order chi connectivity index (χ0) is 22.3. The molecule has 30 heavy (non-hydrogen) atoms. The van der Waals surface area contributed by atoms with Gasteiger partial charge in [-0.1, -0.05) is 36.2 Å². The van der Waals surface area contributed by atoms with Gasteiger partial charge in [-0.3, -0.25) is 14.5 Å². The standard InChI is InChI=1S/C21H25Cl2N3O4/c1-5-26(11-20(27)24-16-8-14(22)7-6-13(16)2)12-21(28)25-17-9-15(23)18(29-3)10-19(17)30-4/h6-10H,5,11-12H2,1-4H3,(H,24,27)(H,25,28). The minimum Gasteiger partial charge on any atom is -0.495 e. The van der Waals surface area contributed by atoms with Crippen LogP contribution in [0.3, 0.4) is 0 Å². The number of carbonyl (C=O) groups is 2. The van der Waals surface area contributed by atoms with Gasteiger partial charge in [-0.05, 0) is 37.2 Å². The molecule has 0 saturated heterocycles. The van der Waals surface area contributed by atoms with Crippen molar-refractivity contribution >= 4 is 46.4 Å². The van der Waals surface area contributed by atoms with E-state index in [1.807, 2.05) is 19.9 Å². The van der Waals surface area contributed by atoms with E-state index >= 15 is 0 Å². The molecule has 2 N–H and O–H groups in total. The first kappa shape index (κ1) is 23.8. The maximum absolute atomic E-state index is 12.5. The molecule has 0 bridgehead atoms. The summed E-state index contributed by atoms with van der Waals surface area (Å²) in [6.07, 6.45) is 0. The van der Waals surface area contributed by atoms with E-state index in [0.717, 1.165) is 5.56 Å². The molecule has 0 spiro atoms. The molecule has 0 fully saturated rings. The number of benzene rings is 2. The maximum atomic E-state index is 12.5. The highest BCUT2D eigenvalue weighted by Crippen LogP contribution is 2.35. The average Bonchev–Trinajstić information content (AvgIpc) is 2.70. The van der Waals surface area contributed by atoms with Gasteiger partial charge in [-0.15, -0.1) is 0 Å². The van der Waals surface area contributed by atoms with Crippen LogP contribution in [0, 0.1) is 6.92 Å². The molecule has 2 aromatic carbocycles. The van der Waals surface area contributed by atoms with E-state index in [2.05, 4.69) is 10.6 Å². The summed E-state index contributed by atoms with van der Waals surface area (Å²) in [4.78, 5) is 26.7. The Labute approximate surface area is 186 Å². The fraction of sp³-hybridized carbons (Fsp3) is 0.333. The zero-order valence-electron chi connectivity index (χ0n) is 17.3. The van der Waals surface area contributed by atoms with Gasteiger partial charge in [0.1, 0.15) is 11.5 Å². The third-order valence-corrected chi connectivity index (χ3v) is 4.93. The van der Waals surface area contributed by atoms with Crippen LogP contribution >= 0.6 is 23.2 Å². The molecule has 2 rings (SSSR count). The Kier molecular flexibility index (Phi) is 8.77. The van der Waals surface area contributed by atoms with Crippen molar-refractivity contribution in [1.82, 2.24) is 4.90 Å². The minimum atomic E-state index is -0.303. The number of aryl methyl sites for hydroxylation is 1. The lowest BCUT2D eigenvalue weighted by atomic mass is 10.2. The summed E-state index contributed by atoms with van der Waals surface area (Å²) in [6.45, 7) is 4.33. The van der Waals surface area contributed by atoms with Crippen LogP contribution in [0.25, 0.3) is 0 Å². The SMILES string of the molecule is CCN(CC(=O)Nc1cc(Cl)ccc1C)CC(=O)Nc1cc(Cl)c(OC)cc1OC. The van der Waals surface area contributed by atoms with Gasteiger partial charge < -0.3 is 20.1 Å². The van der Waals surface area contributed by atoms with Crippen molar-refractivity contribution in [1.29, 1.82) is 0 Å². The van der Waals surface area contributed by atoms with Gasteiger partial charge in [0.2, 0.25) is 11.8 Å². The molecule has 0 aliphatic carbocycles. The topological polar surface area (TPSA) is 79.9 Å². The number of likely N-dealkylation sites (N-methyl/N-ethyl adjacent to an activating group) is 1. The molecule has 0 heterocycles. The molecule has 0 aromatic heterocycles. The third-order valence-electron chi connectivity index (χ3n) is 4.40. The van der Waals surface area contributed by atoms with E-state index in [1.54, 1.807) is 29.2 Å². The lowest BCUT2D eigenvalue weighted by molar-refractivity contribution is -0.119. The van der Waals surface area contributed by atoms with Crippen LogP contribution in [-0.2, 0) is 9.59 Å². The Hall–Kier alpha value is -2.48. The maximum Gasteiger partial charge on any atom is 0.238 e. The van der Waals surface area contributed by atoms with Gasteiger partial charge in [0, 0.05) is 16.8 Å². The molecule has 0 atom stereocenters. The highest BCUT2D eigenvalue weighted by molar-refractivity contribution is 6.32. The molecule has 0 saturated carbocycles. The number of nitrogens with one attached hydrogen (secondary N) is 2. The number of hydrogen-bond acceptors (Lipinski definition) is 5. The normalized spacial score (nSPS) is 10.6. The molecule has 0 aliphatic heterocycles. The zero-order valence-corrected chi connectivity index (χ0v) is 18.9. The van der Waals surface area contributed by atoms with Crippen molar-refractivity contribution in [3.63, 3.8) is 0 Å². The van der Waals surface area contributed by atoms with Crippen LogP contribution in [0.1, 0.15) is 12.5 Å². The highest BCUT2D eigenvalue weighted by atomic mass is 35.5. The Bertz CT molecular complexity index is 921. The number of nitrogens with zero attached hydrogens (tertiary/aromatic N) is 1. The number of rotatable bonds is 9. The summed E-state index contributed by atoms with van der Waals surface area (Å²) in [6, 6.07) is 8.43. The first-order valence-corrected chi connectivity index (χ1v) is 10.0. The van der Waals surface area contributed by atoms with Gasteiger partial charge in [-0.25, -0.2) is 0 Å². The lowest BCUT2D eigenvalue weighted by Gasteiger charge is -2.20. The summed E-state index contributed by atoms with van der Waals surface area (Å²) < 4.78 is 10.4. The second kappa shape index (κ2) is 11.1. The van der Waals surface area contributed by atoms with Crippen LogP contribution in [0.15, 0.2) is 30.3 Å². The first-order valence-electron chi connectivity index (χ1n) is 9.27. The van der Waals surface area contributed by atoms with Gasteiger partial charge in [0.25, 0.3) is 0 Å². The summed E-state index contributed by atoms with van der Waals surface area (Å²) in [5.74, 6) is 0.319. The number of hydrogen-bond donors (Lipinski definition) is 2. The number of carbonyl (C=O) groups excluding carboxylic acids is 2. The van der Waals surface area contributed by atoms with Crippen molar-refractivity contribution in [2.75, 3.05) is 44.5 Å². The van der Waals surface area contributed by atoms with Crippen molar-refractivity contribution in [3.05, 3.63) is 45.9 Å². The highest BCUT2D eigenvalue weighted by Gasteiger charge is 2.17. The molecular weight excluding hydrogens is 429 g/mol. The summed E-state index contributed by atoms with van der Waals surface area (Å²) in [5, 5.41) is 6.47. The fourth-order valence-electron chi connectivity index (χ4n) is 2.75. The molecule has 2 amide bonds. The van der Waals surface area contributed by atoms with E-state index in [0.29, 0.717) is 39.5 Å². The van der Waals surface area contributed by atoms with Crippen molar-refractivity contribution in [2.24, 2.45) is 0 Å². The fourth-order valence-corrected chi connectivity index (χ4v) is 3.16. The summed E-state index contributed by atoms with van der Waals surface area (Å²) in [5.41, 5.74) is 1.96. The molecule has 9 heteroatoms. The average molecular weight is 454 g/mol.